The van der Waals surface area contributed by atoms with Crippen LogP contribution in [0, 0.1) is 0 Å². The van der Waals surface area contributed by atoms with E-state index in [1.807, 2.05) is 0 Å². The number of aromatic nitrogens is 6. The van der Waals surface area contributed by atoms with Crippen LogP contribution in [0.1, 0.15) is 20.7 Å². The summed E-state index contributed by atoms with van der Waals surface area (Å²) in [6, 6.07) is 13.2. The topological polar surface area (TPSA) is 116 Å². The average Bonchev–Trinajstić information content (AvgIpc) is 3.43. The number of carboxylic acids is 1. The fraction of sp³-hybridized carbons (Fsp3) is 0. The van der Waals surface area contributed by atoms with Crippen molar-refractivity contribution in [2.45, 2.75) is 0 Å². The van der Waals surface area contributed by atoms with Gasteiger partial charge in [0.2, 0.25) is 0 Å². The Kier molecular flexibility index (Phi) is 5.87. The molecule has 0 unspecified atom stereocenters. The molecule has 0 aliphatic heterocycles. The van der Waals surface area contributed by atoms with Crippen LogP contribution >= 0.6 is 11.6 Å². The molecule has 0 radical (unpaired) electrons. The first-order valence-electron chi connectivity index (χ1n) is 7.88. The Labute approximate surface area is 163 Å². The number of carbonyl (C=O) groups is 2. The van der Waals surface area contributed by atoms with Gasteiger partial charge in [0.05, 0.1) is 16.9 Å². The normalized spacial score (nSPS) is 10.0. The molecule has 2 aromatic carbocycles. The van der Waals surface area contributed by atoms with E-state index < -0.39 is 11.2 Å². The van der Waals surface area contributed by atoms with Gasteiger partial charge in [0.1, 0.15) is 25.3 Å². The molecule has 0 saturated heterocycles. The maximum atomic E-state index is 10.8. The minimum Gasteiger partial charge on any atom is -0.478 e. The molecule has 0 atom stereocenters. The summed E-state index contributed by atoms with van der Waals surface area (Å²) in [7, 11) is 0. The van der Waals surface area contributed by atoms with Crippen molar-refractivity contribution < 1.29 is 14.7 Å². The molecule has 4 aromatic rings. The number of halogens is 1. The van der Waals surface area contributed by atoms with Gasteiger partial charge in [-0.25, -0.2) is 24.1 Å². The molecule has 2 aromatic heterocycles. The van der Waals surface area contributed by atoms with Crippen molar-refractivity contribution in [3.63, 3.8) is 0 Å². The molecule has 0 amide bonds. The number of aromatic carboxylic acids is 1. The third kappa shape index (κ3) is 4.65. The van der Waals surface area contributed by atoms with Gasteiger partial charge in [-0.05, 0) is 60.1 Å². The maximum absolute atomic E-state index is 10.8. The van der Waals surface area contributed by atoms with Gasteiger partial charge < -0.3 is 5.11 Å². The summed E-state index contributed by atoms with van der Waals surface area (Å²) >= 11 is 5.31. The number of carboxylic acid groups (broad SMARTS) is 1. The van der Waals surface area contributed by atoms with Gasteiger partial charge >= 0.3 is 5.97 Å². The van der Waals surface area contributed by atoms with Crippen LogP contribution in [-0.2, 0) is 0 Å². The van der Waals surface area contributed by atoms with E-state index in [1.54, 1.807) is 58.4 Å². The van der Waals surface area contributed by atoms with Crippen molar-refractivity contribution in [3.05, 3.63) is 85.0 Å². The van der Waals surface area contributed by atoms with Crippen molar-refractivity contribution >= 4 is 22.8 Å². The van der Waals surface area contributed by atoms with Gasteiger partial charge in [0, 0.05) is 5.56 Å². The molecule has 0 aliphatic rings. The van der Waals surface area contributed by atoms with Crippen LogP contribution in [-0.4, -0.2) is 45.8 Å². The summed E-state index contributed by atoms with van der Waals surface area (Å²) in [5.74, 6) is -0.935. The number of carbonyl (C=O) groups excluding carboxylic acids is 1. The van der Waals surface area contributed by atoms with E-state index in [-0.39, 0.29) is 5.56 Å². The highest BCUT2D eigenvalue weighted by atomic mass is 35.5. The molecule has 140 valence electrons. The largest absolute Gasteiger partial charge is 0.478 e. The molecule has 0 spiro atoms. The molecule has 28 heavy (non-hydrogen) atoms. The average molecular weight is 397 g/mol. The first-order valence-corrected chi connectivity index (χ1v) is 8.25. The first kappa shape index (κ1) is 18.9. The minimum atomic E-state index is -0.935. The second kappa shape index (κ2) is 8.69. The lowest BCUT2D eigenvalue weighted by molar-refractivity contribution is 0.0696. The van der Waals surface area contributed by atoms with Crippen LogP contribution in [0.25, 0.3) is 11.4 Å². The SMILES string of the molecule is O=C(Cl)c1ccc(-n2cncn2)cc1.O=C(O)c1ccc(-n2cncn2)cc1. The summed E-state index contributed by atoms with van der Waals surface area (Å²) in [5, 5.41) is 16.1. The Morgan fingerprint density at radius 3 is 1.50 bits per heavy atom. The van der Waals surface area contributed by atoms with Crippen molar-refractivity contribution in [1.29, 1.82) is 0 Å². The summed E-state index contributed by atoms with van der Waals surface area (Å²) in [6.07, 6.45) is 6.00. The fourth-order valence-electron chi connectivity index (χ4n) is 2.19. The van der Waals surface area contributed by atoms with Crippen molar-refractivity contribution in [3.8, 4) is 11.4 Å². The lowest BCUT2D eigenvalue weighted by atomic mass is 10.2. The van der Waals surface area contributed by atoms with Crippen LogP contribution in [0.15, 0.2) is 73.8 Å². The molecule has 0 bridgehead atoms. The zero-order chi connectivity index (χ0) is 19.9. The van der Waals surface area contributed by atoms with Crippen molar-refractivity contribution in [1.82, 2.24) is 29.5 Å². The van der Waals surface area contributed by atoms with Crippen molar-refractivity contribution in [2.75, 3.05) is 0 Å². The van der Waals surface area contributed by atoms with Gasteiger partial charge in [-0.1, -0.05) is 0 Å². The third-order valence-electron chi connectivity index (χ3n) is 3.58. The molecular formula is C18H13ClN6O3. The van der Waals surface area contributed by atoms with Crippen LogP contribution in [0.3, 0.4) is 0 Å². The lowest BCUT2D eigenvalue weighted by Gasteiger charge is -1.99. The number of nitrogens with zero attached hydrogens (tertiary/aromatic N) is 6. The predicted molar refractivity (Wildman–Crippen MR) is 99.9 cm³/mol. The van der Waals surface area contributed by atoms with Crippen LogP contribution in [0.5, 0.6) is 0 Å². The van der Waals surface area contributed by atoms with E-state index in [9.17, 15) is 9.59 Å². The number of rotatable bonds is 4. The smallest absolute Gasteiger partial charge is 0.335 e. The fourth-order valence-corrected chi connectivity index (χ4v) is 2.31. The Morgan fingerprint density at radius 2 is 1.18 bits per heavy atom. The number of hydrogen-bond donors (Lipinski definition) is 1. The van der Waals surface area contributed by atoms with Crippen LogP contribution < -0.4 is 0 Å². The Bertz CT molecular complexity index is 958. The highest BCUT2D eigenvalue weighted by Gasteiger charge is 2.03. The molecule has 0 aliphatic carbocycles. The second-order valence-corrected chi connectivity index (χ2v) is 5.70. The second-order valence-electron chi connectivity index (χ2n) is 5.35. The minimum absolute atomic E-state index is 0.258. The van der Waals surface area contributed by atoms with Gasteiger partial charge in [0.25, 0.3) is 5.24 Å². The Hall–Kier alpha value is -3.85. The van der Waals surface area contributed by atoms with Gasteiger partial charge in [-0.2, -0.15) is 10.2 Å². The van der Waals surface area contributed by atoms with E-state index in [0.717, 1.165) is 11.4 Å². The van der Waals surface area contributed by atoms with Gasteiger partial charge in [-0.15, -0.1) is 0 Å². The molecule has 0 fully saturated rings. The van der Waals surface area contributed by atoms with E-state index >= 15 is 0 Å². The van der Waals surface area contributed by atoms with E-state index in [1.165, 1.54) is 24.8 Å². The van der Waals surface area contributed by atoms with Crippen molar-refractivity contribution in [2.24, 2.45) is 0 Å². The molecule has 0 saturated carbocycles. The quantitative estimate of drug-likeness (QED) is 0.527. The van der Waals surface area contributed by atoms with Gasteiger partial charge in [-0.3, -0.25) is 4.79 Å². The zero-order valence-corrected chi connectivity index (χ0v) is 15.0. The van der Waals surface area contributed by atoms with E-state index in [0.29, 0.717) is 5.56 Å². The highest BCUT2D eigenvalue weighted by molar-refractivity contribution is 6.67. The van der Waals surface area contributed by atoms with Crippen LogP contribution in [0.2, 0.25) is 0 Å². The van der Waals surface area contributed by atoms with E-state index in [2.05, 4.69) is 20.2 Å². The molecule has 1 N–H and O–H groups in total. The zero-order valence-electron chi connectivity index (χ0n) is 14.3. The molecule has 2 heterocycles. The standard InChI is InChI=1S/C9H6ClN3O.C9H7N3O2/c10-9(14)7-1-3-8(4-2-7)13-6-11-5-12-13;13-9(14)7-1-3-8(4-2-7)12-6-10-5-11-12/h1-6H;1-6H,(H,13,14). The lowest BCUT2D eigenvalue weighted by Crippen LogP contribution is -1.98. The molecule has 9 nitrogen and oxygen atoms in total. The molecular weight excluding hydrogens is 384 g/mol. The van der Waals surface area contributed by atoms with Gasteiger partial charge in [0.15, 0.2) is 0 Å². The number of hydrogen-bond acceptors (Lipinski definition) is 6. The molecule has 4 rings (SSSR count). The van der Waals surface area contributed by atoms with Crippen LogP contribution in [0.4, 0.5) is 0 Å². The highest BCUT2D eigenvalue weighted by Crippen LogP contribution is 2.10. The summed E-state index contributed by atoms with van der Waals surface area (Å²) < 4.78 is 3.16. The third-order valence-corrected chi connectivity index (χ3v) is 3.79. The summed E-state index contributed by atoms with van der Waals surface area (Å²) in [4.78, 5) is 28.9. The monoisotopic (exact) mass is 396 g/mol. The first-order chi connectivity index (χ1) is 13.5. The summed E-state index contributed by atoms with van der Waals surface area (Å²) in [5.41, 5.74) is 2.35. The Morgan fingerprint density at radius 1 is 0.750 bits per heavy atom. The van der Waals surface area contributed by atoms with E-state index in [4.69, 9.17) is 16.7 Å². The maximum Gasteiger partial charge on any atom is 0.335 e. The summed E-state index contributed by atoms with van der Waals surface area (Å²) in [6.45, 7) is 0. The Balaban J connectivity index is 0.000000161. The number of benzene rings is 2. The predicted octanol–water partition coefficient (Wildman–Crippen LogP) is 2.61. The molecule has 10 heteroatoms.